The van der Waals surface area contributed by atoms with Gasteiger partial charge in [0.15, 0.2) is 10.8 Å². The van der Waals surface area contributed by atoms with Gasteiger partial charge in [-0.3, -0.25) is 0 Å². The Balaban J connectivity index is 3.06. The highest BCUT2D eigenvalue weighted by Crippen LogP contribution is 2.36. The first-order valence-corrected chi connectivity index (χ1v) is 5.51. The lowest BCUT2D eigenvalue weighted by Gasteiger charge is -2.11. The van der Waals surface area contributed by atoms with Crippen molar-refractivity contribution >= 4 is 50.7 Å². The van der Waals surface area contributed by atoms with Crippen LogP contribution in [0.1, 0.15) is 6.92 Å². The number of hydrogen-bond acceptors (Lipinski definition) is 1. The van der Waals surface area contributed by atoms with Gasteiger partial charge in [0.05, 0.1) is 10.0 Å². The molecule has 1 atom stereocenters. The van der Waals surface area contributed by atoms with Crippen LogP contribution in [0.3, 0.4) is 0 Å². The fraction of sp³-hybridized carbons (Fsp3) is 0.250. The third-order valence-corrected chi connectivity index (χ3v) is 2.21. The molecule has 0 fully saturated rings. The van der Waals surface area contributed by atoms with Crippen LogP contribution in [0.15, 0.2) is 12.1 Å². The Hall–Kier alpha value is 0.370. The number of benzene rings is 1. The molecule has 0 saturated carbocycles. The monoisotopic (exact) mass is 302 g/mol. The van der Waals surface area contributed by atoms with Gasteiger partial charge in [-0.05, 0) is 35.0 Å². The third-order valence-electron chi connectivity index (χ3n) is 1.24. The van der Waals surface area contributed by atoms with Crippen LogP contribution in [0.5, 0.6) is 5.75 Å². The van der Waals surface area contributed by atoms with Crippen LogP contribution in [-0.4, -0.2) is 5.01 Å². The van der Waals surface area contributed by atoms with Gasteiger partial charge in [-0.1, -0.05) is 34.8 Å². The number of halogens is 4. The first-order chi connectivity index (χ1) is 6.00. The van der Waals surface area contributed by atoms with Crippen LogP contribution in [0.25, 0.3) is 0 Å². The summed E-state index contributed by atoms with van der Waals surface area (Å²) in [7, 11) is 0. The zero-order valence-electron chi connectivity index (χ0n) is 6.65. The summed E-state index contributed by atoms with van der Waals surface area (Å²) in [6.45, 7) is 1.82. The largest absolute Gasteiger partial charge is 0.476 e. The average molecular weight is 304 g/mol. The normalized spacial score (nSPS) is 12.7. The number of rotatable bonds is 2. The van der Waals surface area contributed by atoms with Crippen LogP contribution >= 0.6 is 50.7 Å². The molecule has 0 aromatic heterocycles. The molecular weight excluding hydrogens is 298 g/mol. The first kappa shape index (κ1) is 11.4. The molecule has 1 unspecified atom stereocenters. The fourth-order valence-electron chi connectivity index (χ4n) is 0.804. The minimum absolute atomic E-state index is 0.149. The summed E-state index contributed by atoms with van der Waals surface area (Å²) >= 11 is 20.7. The highest BCUT2D eigenvalue weighted by molar-refractivity contribution is 9.09. The first-order valence-electron chi connectivity index (χ1n) is 3.46. The van der Waals surface area contributed by atoms with Crippen LogP contribution in [0.4, 0.5) is 0 Å². The molecule has 5 heteroatoms. The molecule has 1 aromatic rings. The third kappa shape index (κ3) is 3.21. The summed E-state index contributed by atoms with van der Waals surface area (Å²) in [5.41, 5.74) is 0. The average Bonchev–Trinajstić information content (AvgIpc) is 1.96. The molecule has 0 saturated heterocycles. The molecule has 72 valence electrons. The van der Waals surface area contributed by atoms with Gasteiger partial charge in [0.1, 0.15) is 0 Å². The predicted octanol–water partition coefficient (Wildman–Crippen LogP) is 4.77. The van der Waals surface area contributed by atoms with Gasteiger partial charge in [0.2, 0.25) is 0 Å². The maximum absolute atomic E-state index is 5.86. The second kappa shape index (κ2) is 4.74. The van der Waals surface area contributed by atoms with Crippen LogP contribution < -0.4 is 4.74 Å². The van der Waals surface area contributed by atoms with E-state index in [0.29, 0.717) is 20.8 Å². The smallest absolute Gasteiger partial charge is 0.158 e. The minimum Gasteiger partial charge on any atom is -0.476 e. The molecule has 1 aromatic carbocycles. The van der Waals surface area contributed by atoms with Crippen molar-refractivity contribution in [1.29, 1.82) is 0 Å². The maximum atomic E-state index is 5.86. The Morgan fingerprint density at radius 3 is 2.08 bits per heavy atom. The second-order valence-corrected chi connectivity index (χ2v) is 4.90. The molecule has 13 heavy (non-hydrogen) atoms. The van der Waals surface area contributed by atoms with Crippen molar-refractivity contribution in [3.63, 3.8) is 0 Å². The number of ether oxygens (including phenoxy) is 1. The van der Waals surface area contributed by atoms with Crippen molar-refractivity contribution in [3.8, 4) is 5.75 Å². The van der Waals surface area contributed by atoms with Gasteiger partial charge in [-0.25, -0.2) is 0 Å². The van der Waals surface area contributed by atoms with Crippen molar-refractivity contribution < 1.29 is 4.74 Å². The van der Waals surface area contributed by atoms with Crippen LogP contribution in [0.2, 0.25) is 15.1 Å². The second-order valence-electron chi connectivity index (χ2n) is 2.36. The molecule has 1 nitrogen and oxygen atoms in total. The molecule has 0 amide bonds. The van der Waals surface area contributed by atoms with Crippen molar-refractivity contribution in [3.05, 3.63) is 27.2 Å². The lowest BCUT2D eigenvalue weighted by molar-refractivity contribution is 0.314. The highest BCUT2D eigenvalue weighted by atomic mass is 79.9. The number of alkyl halides is 1. The van der Waals surface area contributed by atoms with Crippen LogP contribution in [-0.2, 0) is 0 Å². The van der Waals surface area contributed by atoms with E-state index in [0.717, 1.165) is 0 Å². The summed E-state index contributed by atoms with van der Waals surface area (Å²) in [4.78, 5) is 0. The molecule has 1 rings (SSSR count). The Kier molecular flexibility index (Phi) is 4.17. The Labute approximate surface area is 100 Å². The van der Waals surface area contributed by atoms with E-state index in [1.165, 1.54) is 0 Å². The zero-order valence-corrected chi connectivity index (χ0v) is 10.5. The topological polar surface area (TPSA) is 9.23 Å². The van der Waals surface area contributed by atoms with E-state index in [2.05, 4.69) is 15.9 Å². The van der Waals surface area contributed by atoms with E-state index >= 15 is 0 Å². The van der Waals surface area contributed by atoms with E-state index in [9.17, 15) is 0 Å². The molecule has 0 heterocycles. The van der Waals surface area contributed by atoms with Gasteiger partial charge in [0.25, 0.3) is 0 Å². The number of hydrogen-bond donors (Lipinski definition) is 0. The molecule has 0 aliphatic carbocycles. The summed E-state index contributed by atoms with van der Waals surface area (Å²) in [5, 5.41) is 1.15. The SMILES string of the molecule is CC(Br)Oc1c(Cl)cc(Cl)cc1Cl. The molecule has 0 aliphatic heterocycles. The van der Waals surface area contributed by atoms with Crippen molar-refractivity contribution in [2.45, 2.75) is 11.9 Å². The Morgan fingerprint density at radius 1 is 1.23 bits per heavy atom. The van der Waals surface area contributed by atoms with E-state index in [1.54, 1.807) is 12.1 Å². The van der Waals surface area contributed by atoms with Gasteiger partial charge >= 0.3 is 0 Å². The molecule has 0 bridgehead atoms. The summed E-state index contributed by atoms with van der Waals surface area (Å²) < 4.78 is 5.32. The zero-order chi connectivity index (χ0) is 10.0. The van der Waals surface area contributed by atoms with Gasteiger partial charge in [-0.2, -0.15) is 0 Å². The van der Waals surface area contributed by atoms with E-state index in [4.69, 9.17) is 39.5 Å². The maximum Gasteiger partial charge on any atom is 0.158 e. The molecular formula is C8H6BrCl3O. The lowest BCUT2D eigenvalue weighted by Crippen LogP contribution is -2.02. The highest BCUT2D eigenvalue weighted by Gasteiger charge is 2.10. The predicted molar refractivity (Wildman–Crippen MR) is 60.5 cm³/mol. The minimum atomic E-state index is -0.149. The standard InChI is InChI=1S/C8H6BrCl3O/c1-4(9)13-8-6(11)2-5(10)3-7(8)12/h2-4H,1H3. The lowest BCUT2D eigenvalue weighted by atomic mass is 10.3. The van der Waals surface area contributed by atoms with E-state index in [1.807, 2.05) is 6.92 Å². The Bertz CT molecular complexity index is 291. The quantitative estimate of drug-likeness (QED) is 0.715. The summed E-state index contributed by atoms with van der Waals surface area (Å²) in [6.07, 6.45) is 0. The Morgan fingerprint density at radius 2 is 1.69 bits per heavy atom. The molecule has 0 spiro atoms. The summed E-state index contributed by atoms with van der Waals surface area (Å²) in [6, 6.07) is 3.17. The van der Waals surface area contributed by atoms with Gasteiger partial charge < -0.3 is 4.74 Å². The van der Waals surface area contributed by atoms with E-state index in [-0.39, 0.29) is 5.01 Å². The molecule has 0 radical (unpaired) electrons. The fourth-order valence-corrected chi connectivity index (χ4v) is 1.90. The summed E-state index contributed by atoms with van der Waals surface area (Å²) in [5.74, 6) is 0.442. The molecule has 0 N–H and O–H groups in total. The van der Waals surface area contributed by atoms with Crippen molar-refractivity contribution in [2.24, 2.45) is 0 Å². The molecule has 0 aliphatic rings. The van der Waals surface area contributed by atoms with Gasteiger partial charge in [0, 0.05) is 5.02 Å². The van der Waals surface area contributed by atoms with Crippen molar-refractivity contribution in [1.82, 2.24) is 0 Å². The van der Waals surface area contributed by atoms with Crippen LogP contribution in [0, 0.1) is 0 Å². The van der Waals surface area contributed by atoms with E-state index < -0.39 is 0 Å². The van der Waals surface area contributed by atoms with Crippen molar-refractivity contribution in [2.75, 3.05) is 0 Å². The van der Waals surface area contributed by atoms with Gasteiger partial charge in [-0.15, -0.1) is 0 Å².